The first-order valence-corrected chi connectivity index (χ1v) is 8.35. The van der Waals surface area contributed by atoms with Crippen molar-refractivity contribution in [2.75, 3.05) is 25.0 Å². The Bertz CT molecular complexity index is 503. The number of nitrogens with one attached hydrogen (secondary N) is 1. The van der Waals surface area contributed by atoms with Crippen molar-refractivity contribution in [2.24, 2.45) is 11.8 Å². The quantitative estimate of drug-likeness (QED) is 0.909. The van der Waals surface area contributed by atoms with Crippen molar-refractivity contribution in [1.29, 1.82) is 0 Å². The van der Waals surface area contributed by atoms with E-state index in [0.717, 1.165) is 37.7 Å². The zero-order valence-corrected chi connectivity index (χ0v) is 13.5. The van der Waals surface area contributed by atoms with Crippen LogP contribution in [0.3, 0.4) is 0 Å². The third-order valence-corrected chi connectivity index (χ3v) is 4.63. The average molecular weight is 302 g/mol. The van der Waals surface area contributed by atoms with E-state index < -0.39 is 0 Å². The van der Waals surface area contributed by atoms with Gasteiger partial charge in [0.15, 0.2) is 0 Å². The highest BCUT2D eigenvalue weighted by molar-refractivity contribution is 5.93. The molecule has 0 spiro atoms. The minimum absolute atomic E-state index is 0.0192. The van der Waals surface area contributed by atoms with Gasteiger partial charge in [-0.15, -0.1) is 0 Å². The zero-order valence-electron chi connectivity index (χ0n) is 13.5. The van der Waals surface area contributed by atoms with Gasteiger partial charge in [-0.2, -0.15) is 0 Å². The van der Waals surface area contributed by atoms with E-state index in [1.165, 1.54) is 6.42 Å². The van der Waals surface area contributed by atoms with Crippen LogP contribution in [-0.4, -0.2) is 42.6 Å². The topological polar surface area (TPSA) is 41.6 Å². The van der Waals surface area contributed by atoms with Gasteiger partial charge in [0, 0.05) is 18.8 Å². The summed E-state index contributed by atoms with van der Waals surface area (Å²) in [5, 5.41) is 3.02. The van der Waals surface area contributed by atoms with E-state index in [-0.39, 0.29) is 24.0 Å². The molecule has 3 atom stereocenters. The van der Waals surface area contributed by atoms with Crippen LogP contribution in [0.5, 0.6) is 0 Å². The van der Waals surface area contributed by atoms with Gasteiger partial charge in [0.1, 0.15) is 0 Å². The van der Waals surface area contributed by atoms with Crippen molar-refractivity contribution in [3.8, 4) is 0 Å². The summed E-state index contributed by atoms with van der Waals surface area (Å²) in [7, 11) is 0. The van der Waals surface area contributed by atoms with E-state index >= 15 is 0 Å². The van der Waals surface area contributed by atoms with Gasteiger partial charge in [-0.05, 0) is 37.4 Å². The number of hydrogen-bond donors (Lipinski definition) is 1. The number of benzene rings is 1. The zero-order chi connectivity index (χ0) is 15.5. The smallest absolute Gasteiger partial charge is 0.230 e. The van der Waals surface area contributed by atoms with E-state index in [4.69, 9.17) is 4.74 Å². The summed E-state index contributed by atoms with van der Waals surface area (Å²) in [6.45, 7) is 7.48. The Morgan fingerprint density at radius 1 is 1.32 bits per heavy atom. The number of likely N-dealkylation sites (tertiary alicyclic amines) is 1. The minimum atomic E-state index is -0.0192. The number of hydrogen-bond acceptors (Lipinski definition) is 3. The lowest BCUT2D eigenvalue weighted by atomic mass is 9.99. The number of amides is 1. The molecule has 0 radical (unpaired) electrons. The Hall–Kier alpha value is -1.39. The van der Waals surface area contributed by atoms with Crippen LogP contribution in [0.1, 0.15) is 26.7 Å². The molecule has 2 bridgehead atoms. The Morgan fingerprint density at radius 3 is 2.82 bits per heavy atom. The largest absolute Gasteiger partial charge is 0.371 e. The van der Waals surface area contributed by atoms with Crippen LogP contribution < -0.4 is 5.32 Å². The van der Waals surface area contributed by atoms with Crippen molar-refractivity contribution < 1.29 is 9.53 Å². The first-order chi connectivity index (χ1) is 10.6. The third kappa shape index (κ3) is 3.68. The number of ether oxygens (including phenoxy) is 1. The molecule has 0 saturated carbocycles. The van der Waals surface area contributed by atoms with Crippen LogP contribution >= 0.6 is 0 Å². The van der Waals surface area contributed by atoms with E-state index in [2.05, 4.69) is 24.1 Å². The van der Waals surface area contributed by atoms with Crippen molar-refractivity contribution in [3.63, 3.8) is 0 Å². The lowest BCUT2D eigenvalue weighted by Gasteiger charge is -2.33. The Morgan fingerprint density at radius 2 is 2.09 bits per heavy atom. The maximum absolute atomic E-state index is 12.5. The summed E-state index contributed by atoms with van der Waals surface area (Å²) >= 11 is 0. The van der Waals surface area contributed by atoms with Gasteiger partial charge in [0.25, 0.3) is 0 Å². The molecular weight excluding hydrogens is 276 g/mol. The molecule has 1 aromatic rings. The van der Waals surface area contributed by atoms with Crippen LogP contribution in [0.2, 0.25) is 0 Å². The van der Waals surface area contributed by atoms with Crippen molar-refractivity contribution in [3.05, 3.63) is 30.3 Å². The first-order valence-electron chi connectivity index (χ1n) is 8.35. The number of morpholine rings is 1. The summed E-state index contributed by atoms with van der Waals surface area (Å²) in [5.41, 5.74) is 0.866. The summed E-state index contributed by atoms with van der Waals surface area (Å²) in [6.07, 6.45) is 2.33. The van der Waals surface area contributed by atoms with E-state index in [1.54, 1.807) is 0 Å². The number of rotatable bonds is 5. The summed E-state index contributed by atoms with van der Waals surface area (Å²) in [5.74, 6) is 0.802. The van der Waals surface area contributed by atoms with Gasteiger partial charge in [0.05, 0.1) is 18.1 Å². The molecule has 120 valence electrons. The molecule has 2 fully saturated rings. The van der Waals surface area contributed by atoms with E-state index in [0.29, 0.717) is 0 Å². The van der Waals surface area contributed by atoms with Gasteiger partial charge in [-0.1, -0.05) is 32.0 Å². The SMILES string of the molecule is CC(C)CCN1C[C@@H]2C[C@@H](C(=O)Nc3ccccc3)[C@H](C1)O2. The van der Waals surface area contributed by atoms with Gasteiger partial charge in [-0.3, -0.25) is 9.69 Å². The summed E-state index contributed by atoms with van der Waals surface area (Å²) in [4.78, 5) is 15.0. The lowest BCUT2D eigenvalue weighted by Crippen LogP contribution is -2.45. The molecule has 2 saturated heterocycles. The standard InChI is InChI=1S/C18H26N2O2/c1-13(2)8-9-20-11-15-10-16(17(12-20)22-15)18(21)19-14-6-4-3-5-7-14/h3-7,13,15-17H,8-12H2,1-2H3,(H,19,21)/t15-,16+,17-/m0/s1. The number of anilines is 1. The van der Waals surface area contributed by atoms with Crippen LogP contribution in [0.4, 0.5) is 5.69 Å². The molecular formula is C18H26N2O2. The molecule has 0 aliphatic carbocycles. The highest BCUT2D eigenvalue weighted by atomic mass is 16.5. The van der Waals surface area contributed by atoms with Crippen LogP contribution in [0, 0.1) is 11.8 Å². The normalized spacial score (nSPS) is 28.0. The molecule has 4 nitrogen and oxygen atoms in total. The molecule has 1 aromatic carbocycles. The van der Waals surface area contributed by atoms with Gasteiger partial charge in [-0.25, -0.2) is 0 Å². The van der Waals surface area contributed by atoms with Crippen molar-refractivity contribution in [2.45, 2.75) is 38.9 Å². The molecule has 22 heavy (non-hydrogen) atoms. The fraction of sp³-hybridized carbons (Fsp3) is 0.611. The maximum Gasteiger partial charge on any atom is 0.230 e. The monoisotopic (exact) mass is 302 g/mol. The van der Waals surface area contributed by atoms with Crippen LogP contribution in [0.25, 0.3) is 0 Å². The van der Waals surface area contributed by atoms with Crippen LogP contribution in [0.15, 0.2) is 30.3 Å². The van der Waals surface area contributed by atoms with E-state index in [1.807, 2.05) is 30.3 Å². The molecule has 4 heteroatoms. The lowest BCUT2D eigenvalue weighted by molar-refractivity contribution is -0.122. The van der Waals surface area contributed by atoms with Crippen LogP contribution in [-0.2, 0) is 9.53 Å². The number of nitrogens with zero attached hydrogens (tertiary/aromatic N) is 1. The second-order valence-electron chi connectivity index (χ2n) is 6.94. The summed E-state index contributed by atoms with van der Waals surface area (Å²) < 4.78 is 6.00. The molecule has 1 amide bonds. The summed E-state index contributed by atoms with van der Waals surface area (Å²) in [6, 6.07) is 9.68. The average Bonchev–Trinajstić information content (AvgIpc) is 2.81. The predicted molar refractivity (Wildman–Crippen MR) is 87.7 cm³/mol. The molecule has 0 unspecified atom stereocenters. The minimum Gasteiger partial charge on any atom is -0.371 e. The Kier molecular flexibility index (Phi) is 4.79. The first kappa shape index (κ1) is 15.5. The van der Waals surface area contributed by atoms with Gasteiger partial charge < -0.3 is 10.1 Å². The van der Waals surface area contributed by atoms with Crippen molar-refractivity contribution in [1.82, 2.24) is 4.90 Å². The number of para-hydroxylation sites is 1. The van der Waals surface area contributed by atoms with Crippen molar-refractivity contribution >= 4 is 11.6 Å². The number of carbonyl (C=O) groups is 1. The van der Waals surface area contributed by atoms with Gasteiger partial charge >= 0.3 is 0 Å². The fourth-order valence-corrected chi connectivity index (χ4v) is 3.39. The maximum atomic E-state index is 12.5. The molecule has 2 aliphatic heterocycles. The second kappa shape index (κ2) is 6.80. The Labute approximate surface area is 132 Å². The fourth-order valence-electron chi connectivity index (χ4n) is 3.39. The second-order valence-corrected chi connectivity index (χ2v) is 6.94. The molecule has 3 rings (SSSR count). The molecule has 0 aromatic heterocycles. The number of fused-ring (bicyclic) bond motifs is 2. The number of carbonyl (C=O) groups excluding carboxylic acids is 1. The highest BCUT2D eigenvalue weighted by Crippen LogP contribution is 2.33. The highest BCUT2D eigenvalue weighted by Gasteiger charge is 2.44. The molecule has 2 aliphatic rings. The predicted octanol–water partition coefficient (Wildman–Crippen LogP) is 2.76. The molecule has 2 heterocycles. The van der Waals surface area contributed by atoms with E-state index in [9.17, 15) is 4.79 Å². The van der Waals surface area contributed by atoms with Gasteiger partial charge in [0.2, 0.25) is 5.91 Å². The molecule has 1 N–H and O–H groups in total. The third-order valence-electron chi connectivity index (χ3n) is 4.63. The Balaban J connectivity index is 1.57.